The lowest BCUT2D eigenvalue weighted by molar-refractivity contribution is 0.226. The molecule has 88 valence electrons. The minimum absolute atomic E-state index is 0.451. The van der Waals surface area contributed by atoms with Gasteiger partial charge in [0.1, 0.15) is 5.15 Å². The molecule has 1 heterocycles. The zero-order chi connectivity index (χ0) is 11.7. The van der Waals surface area contributed by atoms with Crippen molar-refractivity contribution in [3.63, 3.8) is 0 Å². The molecule has 16 heavy (non-hydrogen) atoms. The highest BCUT2D eigenvalue weighted by Gasteiger charge is 2.30. The van der Waals surface area contributed by atoms with Gasteiger partial charge in [-0.1, -0.05) is 23.2 Å². The molecule has 0 bridgehead atoms. The van der Waals surface area contributed by atoms with E-state index in [0.29, 0.717) is 16.2 Å². The van der Waals surface area contributed by atoms with Crippen LogP contribution in [0.4, 0.5) is 0 Å². The van der Waals surface area contributed by atoms with Gasteiger partial charge in [-0.25, -0.2) is 4.98 Å². The minimum atomic E-state index is 0.451. The lowest BCUT2D eigenvalue weighted by atomic mass is 10.1. The first kappa shape index (κ1) is 12.2. The van der Waals surface area contributed by atoms with E-state index < -0.39 is 0 Å². The highest BCUT2D eigenvalue weighted by molar-refractivity contribution is 6.34. The van der Waals surface area contributed by atoms with Gasteiger partial charge in [-0.05, 0) is 38.8 Å². The third-order valence-corrected chi connectivity index (χ3v) is 3.87. The van der Waals surface area contributed by atoms with Crippen molar-refractivity contribution >= 4 is 23.2 Å². The van der Waals surface area contributed by atoms with Crippen LogP contribution in [-0.4, -0.2) is 23.0 Å². The van der Waals surface area contributed by atoms with Gasteiger partial charge < -0.3 is 0 Å². The Hall–Kier alpha value is -0.310. The molecule has 0 amide bonds. The number of hydrogen-bond acceptors (Lipinski definition) is 2. The Kier molecular flexibility index (Phi) is 3.73. The van der Waals surface area contributed by atoms with E-state index in [9.17, 15) is 0 Å². The van der Waals surface area contributed by atoms with Gasteiger partial charge in [-0.3, -0.25) is 4.90 Å². The maximum absolute atomic E-state index is 6.12. The Morgan fingerprint density at radius 3 is 2.75 bits per heavy atom. The Morgan fingerprint density at radius 1 is 1.50 bits per heavy atom. The molecule has 0 spiro atoms. The fourth-order valence-corrected chi connectivity index (χ4v) is 2.33. The Labute approximate surface area is 107 Å². The van der Waals surface area contributed by atoms with E-state index in [1.807, 2.05) is 0 Å². The van der Waals surface area contributed by atoms with Crippen molar-refractivity contribution in [2.24, 2.45) is 5.92 Å². The van der Waals surface area contributed by atoms with Crippen molar-refractivity contribution in [1.82, 2.24) is 9.88 Å². The van der Waals surface area contributed by atoms with Gasteiger partial charge in [0.15, 0.2) is 0 Å². The van der Waals surface area contributed by atoms with Crippen molar-refractivity contribution in [1.29, 1.82) is 0 Å². The topological polar surface area (TPSA) is 16.1 Å². The molecule has 1 aromatic rings. The fraction of sp³-hybridized carbons (Fsp3) is 0.583. The third kappa shape index (κ3) is 2.88. The number of nitrogens with zero attached hydrogens (tertiary/aromatic N) is 2. The van der Waals surface area contributed by atoms with Crippen molar-refractivity contribution in [2.45, 2.75) is 32.4 Å². The standard InChI is InChI=1S/C12H16Cl2N2/c1-8(9-3-4-9)16(2)7-10-6-15-12(14)5-11(10)13/h5-6,8-9H,3-4,7H2,1-2H3. The maximum Gasteiger partial charge on any atom is 0.130 e. The summed E-state index contributed by atoms with van der Waals surface area (Å²) in [6.07, 6.45) is 4.48. The molecule has 0 aromatic carbocycles. The molecular formula is C12H16Cl2N2. The highest BCUT2D eigenvalue weighted by atomic mass is 35.5. The predicted molar refractivity (Wildman–Crippen MR) is 67.9 cm³/mol. The van der Waals surface area contributed by atoms with Crippen LogP contribution in [0.1, 0.15) is 25.3 Å². The van der Waals surface area contributed by atoms with Gasteiger partial charge in [0, 0.05) is 29.4 Å². The highest BCUT2D eigenvalue weighted by Crippen LogP contribution is 2.35. The second kappa shape index (κ2) is 4.91. The van der Waals surface area contributed by atoms with Crippen LogP contribution in [0, 0.1) is 5.92 Å². The molecule has 0 saturated heterocycles. The predicted octanol–water partition coefficient (Wildman–Crippen LogP) is 3.62. The number of rotatable bonds is 4. The van der Waals surface area contributed by atoms with Crippen molar-refractivity contribution < 1.29 is 0 Å². The Balaban J connectivity index is 2.02. The molecule has 0 aliphatic heterocycles. The van der Waals surface area contributed by atoms with Crippen molar-refractivity contribution in [3.8, 4) is 0 Å². The molecule has 1 saturated carbocycles. The largest absolute Gasteiger partial charge is 0.299 e. The van der Waals surface area contributed by atoms with Crippen LogP contribution in [0.15, 0.2) is 12.3 Å². The number of pyridine rings is 1. The van der Waals surface area contributed by atoms with E-state index in [2.05, 4.69) is 23.9 Å². The molecule has 1 aliphatic rings. The average molecular weight is 259 g/mol. The molecule has 1 atom stereocenters. The lowest BCUT2D eigenvalue weighted by Gasteiger charge is -2.24. The van der Waals surface area contributed by atoms with Crippen LogP contribution in [0.2, 0.25) is 10.2 Å². The molecular weight excluding hydrogens is 243 g/mol. The Bertz CT molecular complexity index is 377. The van der Waals surface area contributed by atoms with E-state index >= 15 is 0 Å². The molecule has 2 rings (SSSR count). The van der Waals surface area contributed by atoms with Gasteiger partial charge in [-0.15, -0.1) is 0 Å². The van der Waals surface area contributed by atoms with Gasteiger partial charge in [0.05, 0.1) is 0 Å². The molecule has 0 radical (unpaired) electrons. The minimum Gasteiger partial charge on any atom is -0.299 e. The molecule has 1 fully saturated rings. The summed E-state index contributed by atoms with van der Waals surface area (Å²) in [4.78, 5) is 6.39. The van der Waals surface area contributed by atoms with Gasteiger partial charge >= 0.3 is 0 Å². The van der Waals surface area contributed by atoms with Crippen LogP contribution in [-0.2, 0) is 6.54 Å². The van der Waals surface area contributed by atoms with Gasteiger partial charge in [-0.2, -0.15) is 0 Å². The molecule has 0 N–H and O–H groups in total. The van der Waals surface area contributed by atoms with E-state index in [4.69, 9.17) is 23.2 Å². The van der Waals surface area contributed by atoms with E-state index in [-0.39, 0.29) is 0 Å². The summed E-state index contributed by atoms with van der Waals surface area (Å²) < 4.78 is 0. The molecule has 1 aromatic heterocycles. The van der Waals surface area contributed by atoms with Crippen LogP contribution in [0.25, 0.3) is 0 Å². The maximum atomic E-state index is 6.12. The molecule has 1 unspecified atom stereocenters. The summed E-state index contributed by atoms with van der Waals surface area (Å²) in [5, 5.41) is 1.15. The van der Waals surface area contributed by atoms with Gasteiger partial charge in [0.25, 0.3) is 0 Å². The third-order valence-electron chi connectivity index (χ3n) is 3.32. The zero-order valence-corrected chi connectivity index (χ0v) is 11.1. The summed E-state index contributed by atoms with van der Waals surface area (Å²) in [7, 11) is 2.13. The van der Waals surface area contributed by atoms with Crippen LogP contribution in [0.3, 0.4) is 0 Å². The smallest absolute Gasteiger partial charge is 0.130 e. The first-order valence-electron chi connectivity index (χ1n) is 5.58. The summed E-state index contributed by atoms with van der Waals surface area (Å²) in [6, 6.07) is 2.32. The van der Waals surface area contributed by atoms with Crippen LogP contribution < -0.4 is 0 Å². The lowest BCUT2D eigenvalue weighted by Crippen LogP contribution is -2.30. The first-order valence-corrected chi connectivity index (χ1v) is 6.33. The van der Waals surface area contributed by atoms with Crippen LogP contribution >= 0.6 is 23.2 Å². The summed E-state index contributed by atoms with van der Waals surface area (Å²) in [5.74, 6) is 0.865. The SMILES string of the molecule is CC(C1CC1)N(C)Cc1cnc(Cl)cc1Cl. The molecule has 2 nitrogen and oxygen atoms in total. The first-order chi connectivity index (χ1) is 7.58. The summed E-state index contributed by atoms with van der Waals surface area (Å²) in [6.45, 7) is 3.11. The molecule has 4 heteroatoms. The number of aromatic nitrogens is 1. The normalized spacial score (nSPS) is 17.8. The molecule has 1 aliphatic carbocycles. The van der Waals surface area contributed by atoms with E-state index in [1.54, 1.807) is 12.3 Å². The van der Waals surface area contributed by atoms with Crippen molar-refractivity contribution in [3.05, 3.63) is 28.0 Å². The zero-order valence-electron chi connectivity index (χ0n) is 9.58. The average Bonchev–Trinajstić information content (AvgIpc) is 3.04. The fourth-order valence-electron chi connectivity index (χ4n) is 1.90. The summed E-state index contributed by atoms with van der Waals surface area (Å²) in [5.41, 5.74) is 1.04. The van der Waals surface area contributed by atoms with Crippen molar-refractivity contribution in [2.75, 3.05) is 7.05 Å². The Morgan fingerprint density at radius 2 is 2.19 bits per heavy atom. The second-order valence-electron chi connectivity index (χ2n) is 4.59. The van der Waals surface area contributed by atoms with Crippen LogP contribution in [0.5, 0.6) is 0 Å². The quantitative estimate of drug-likeness (QED) is 0.768. The summed E-state index contributed by atoms with van der Waals surface area (Å²) >= 11 is 11.9. The number of halogens is 2. The second-order valence-corrected chi connectivity index (χ2v) is 5.39. The number of hydrogen-bond donors (Lipinski definition) is 0. The van der Waals surface area contributed by atoms with E-state index in [0.717, 1.165) is 18.0 Å². The monoisotopic (exact) mass is 258 g/mol. The van der Waals surface area contributed by atoms with E-state index in [1.165, 1.54) is 12.8 Å². The van der Waals surface area contributed by atoms with Gasteiger partial charge in [0.2, 0.25) is 0 Å².